The Morgan fingerprint density at radius 1 is 0.867 bits per heavy atom. The van der Waals surface area contributed by atoms with E-state index in [9.17, 15) is 18.4 Å². The van der Waals surface area contributed by atoms with Gasteiger partial charge in [0.1, 0.15) is 23.0 Å². The molecule has 2 aromatic heterocycles. The maximum atomic E-state index is 13.5. The number of benzene rings is 2. The van der Waals surface area contributed by atoms with Crippen molar-refractivity contribution in [2.24, 2.45) is 14.1 Å². The van der Waals surface area contributed by atoms with Crippen LogP contribution in [-0.4, -0.2) is 64.3 Å². The molecule has 1 aliphatic heterocycles. The van der Waals surface area contributed by atoms with E-state index in [1.54, 1.807) is 63.3 Å². The number of carbonyl (C=O) groups excluding carboxylic acids is 2. The number of rotatable bonds is 8. The van der Waals surface area contributed by atoms with Crippen LogP contribution in [0.25, 0.3) is 0 Å². The Labute approximate surface area is 283 Å². The number of amides is 2. The fourth-order valence-corrected chi connectivity index (χ4v) is 6.80. The Balaban J connectivity index is 0.000000207. The van der Waals surface area contributed by atoms with Crippen molar-refractivity contribution in [3.63, 3.8) is 0 Å². The molecular weight excluding hydrogens is 730 g/mol. The molecule has 0 atom stereocenters. The first kappa shape index (κ1) is 34.8. The smallest absolute Gasteiger partial charge is 0.274 e. The third kappa shape index (κ3) is 9.49. The van der Waals surface area contributed by atoms with Gasteiger partial charge in [0.2, 0.25) is 0 Å². The minimum atomic E-state index is -0.314. The molecule has 240 valence electrons. The second-order valence-corrected chi connectivity index (χ2v) is 14.1. The average Bonchev–Trinajstić information content (AvgIpc) is 3.66. The monoisotopic (exact) mass is 764 g/mol. The van der Waals surface area contributed by atoms with E-state index >= 15 is 0 Å². The zero-order valence-corrected chi connectivity index (χ0v) is 29.6. The normalized spacial score (nSPS) is 13.4. The molecule has 0 unspecified atom stereocenters. The van der Waals surface area contributed by atoms with E-state index in [-0.39, 0.29) is 35.5 Å². The molecule has 8 nitrogen and oxygen atoms in total. The van der Waals surface area contributed by atoms with Crippen LogP contribution < -0.4 is 0 Å². The van der Waals surface area contributed by atoms with Crippen LogP contribution in [0.1, 0.15) is 58.8 Å². The number of thioether (sulfide) groups is 1. The van der Waals surface area contributed by atoms with E-state index < -0.39 is 0 Å². The summed E-state index contributed by atoms with van der Waals surface area (Å²) in [6, 6.07) is 9.88. The zero-order valence-electron chi connectivity index (χ0n) is 25.6. The molecule has 13 heteroatoms. The van der Waals surface area contributed by atoms with Crippen LogP contribution >= 0.6 is 43.6 Å². The Hall–Kier alpha value is -3.03. The second kappa shape index (κ2) is 16.0. The molecule has 0 N–H and O–H groups in total. The van der Waals surface area contributed by atoms with E-state index in [1.807, 2.05) is 44.6 Å². The van der Waals surface area contributed by atoms with Crippen molar-refractivity contribution in [3.8, 4) is 0 Å². The predicted octanol–water partition coefficient (Wildman–Crippen LogP) is 7.23. The van der Waals surface area contributed by atoms with Crippen LogP contribution in [0.15, 0.2) is 70.4 Å². The van der Waals surface area contributed by atoms with Crippen molar-refractivity contribution in [1.82, 2.24) is 28.9 Å². The van der Waals surface area contributed by atoms with E-state index in [1.165, 1.54) is 12.1 Å². The van der Waals surface area contributed by atoms with Gasteiger partial charge in [-0.2, -0.15) is 11.8 Å². The van der Waals surface area contributed by atoms with Crippen LogP contribution in [0.3, 0.4) is 0 Å². The number of aromatic nitrogens is 4. The number of hydrogen-bond acceptors (Lipinski definition) is 5. The summed E-state index contributed by atoms with van der Waals surface area (Å²) in [5.41, 5.74) is 2.64. The molecule has 3 heterocycles. The summed E-state index contributed by atoms with van der Waals surface area (Å²) in [5.74, 6) is 1.31. The van der Waals surface area contributed by atoms with Crippen molar-refractivity contribution < 1.29 is 18.4 Å². The van der Waals surface area contributed by atoms with Gasteiger partial charge in [0.25, 0.3) is 11.8 Å². The van der Waals surface area contributed by atoms with Crippen molar-refractivity contribution in [2.45, 2.75) is 51.9 Å². The van der Waals surface area contributed by atoms with Crippen LogP contribution in [-0.2, 0) is 27.2 Å². The van der Waals surface area contributed by atoms with E-state index in [0.29, 0.717) is 33.4 Å². The van der Waals surface area contributed by atoms with Gasteiger partial charge in [-0.25, -0.2) is 18.7 Å². The largest absolute Gasteiger partial charge is 0.340 e. The Bertz CT molecular complexity index is 1620. The maximum absolute atomic E-state index is 13.5. The predicted molar refractivity (Wildman–Crippen MR) is 180 cm³/mol. The van der Waals surface area contributed by atoms with Gasteiger partial charge in [-0.05, 0) is 105 Å². The minimum absolute atomic E-state index is 0.0170. The zero-order chi connectivity index (χ0) is 32.7. The molecule has 1 aliphatic rings. The molecule has 5 rings (SSSR count). The summed E-state index contributed by atoms with van der Waals surface area (Å²) in [5, 5.41) is 0. The molecular formula is C32H36Br2F2N6O2S. The minimum Gasteiger partial charge on any atom is -0.340 e. The highest BCUT2D eigenvalue weighted by Gasteiger charge is 2.28. The van der Waals surface area contributed by atoms with Crippen molar-refractivity contribution >= 4 is 55.4 Å². The summed E-state index contributed by atoms with van der Waals surface area (Å²) in [7, 11) is 3.67. The van der Waals surface area contributed by atoms with Gasteiger partial charge in [0, 0.05) is 51.7 Å². The molecule has 1 fully saturated rings. The van der Waals surface area contributed by atoms with Gasteiger partial charge >= 0.3 is 0 Å². The lowest BCUT2D eigenvalue weighted by Crippen LogP contribution is -2.42. The number of nitrogens with zero attached hydrogens (tertiary/aromatic N) is 6. The number of halogens is 4. The quantitative estimate of drug-likeness (QED) is 0.189. The van der Waals surface area contributed by atoms with Crippen LogP contribution in [0.2, 0.25) is 0 Å². The molecule has 4 aromatic rings. The second-order valence-electron chi connectivity index (χ2n) is 11.1. The molecule has 0 aliphatic carbocycles. The molecule has 2 aromatic carbocycles. The van der Waals surface area contributed by atoms with Crippen LogP contribution in [0.4, 0.5) is 8.78 Å². The molecule has 0 radical (unpaired) electrons. The Morgan fingerprint density at radius 3 is 1.80 bits per heavy atom. The van der Waals surface area contributed by atoms with Gasteiger partial charge in [0.15, 0.2) is 0 Å². The highest BCUT2D eigenvalue weighted by atomic mass is 79.9. The topological polar surface area (TPSA) is 76.3 Å². The summed E-state index contributed by atoms with van der Waals surface area (Å²) in [6.45, 7) is 4.76. The van der Waals surface area contributed by atoms with Gasteiger partial charge in [-0.1, -0.05) is 12.1 Å². The lowest BCUT2D eigenvalue weighted by atomic mass is 10.1. The highest BCUT2D eigenvalue weighted by molar-refractivity contribution is 9.10. The van der Waals surface area contributed by atoms with Gasteiger partial charge in [-0.3, -0.25) is 9.59 Å². The van der Waals surface area contributed by atoms with E-state index in [4.69, 9.17) is 0 Å². The Morgan fingerprint density at radius 2 is 1.36 bits per heavy atom. The van der Waals surface area contributed by atoms with Crippen molar-refractivity contribution in [1.29, 1.82) is 0 Å². The lowest BCUT2D eigenvalue weighted by molar-refractivity contribution is 0.0642. The Kier molecular flexibility index (Phi) is 12.4. The lowest BCUT2D eigenvalue weighted by Gasteiger charge is -2.34. The fraction of sp³-hybridized carbons (Fsp3) is 0.375. The number of aryl methyl sites for hydroxylation is 2. The summed E-state index contributed by atoms with van der Waals surface area (Å²) in [6.07, 6.45) is 8.62. The van der Waals surface area contributed by atoms with Crippen LogP contribution in [0, 0.1) is 11.6 Å². The van der Waals surface area contributed by atoms with Gasteiger partial charge < -0.3 is 18.9 Å². The van der Waals surface area contributed by atoms with Crippen LogP contribution in [0.5, 0.6) is 0 Å². The highest BCUT2D eigenvalue weighted by Crippen LogP contribution is 2.26. The number of imidazole rings is 2. The first-order chi connectivity index (χ1) is 21.4. The number of carbonyl (C=O) groups is 2. The molecule has 45 heavy (non-hydrogen) atoms. The standard InChI is InChI=1S/C17H19BrFN3OS.C15H17BrFN3O/c1-21-10-16(20-11-21)17(23)22(13-4-6-24-7-5-13)9-12-2-3-15(19)14(18)8-12;1-10(2)20(15(21)14-8-19(3)9-18-14)7-11-4-5-13(17)12(16)6-11/h2-3,8,10-11,13H,4-7,9H2,1H3;4-6,8-10H,7H2,1-3H3. The molecule has 0 saturated carbocycles. The average molecular weight is 767 g/mol. The van der Waals surface area contributed by atoms with Crippen molar-refractivity contribution in [3.05, 3.63) is 105 Å². The summed E-state index contributed by atoms with van der Waals surface area (Å²) in [4.78, 5) is 37.4. The fourth-order valence-electron chi connectivity index (χ4n) is 4.86. The van der Waals surface area contributed by atoms with Gasteiger partial charge in [0.05, 0.1) is 21.6 Å². The van der Waals surface area contributed by atoms with E-state index in [2.05, 4.69) is 41.8 Å². The van der Waals surface area contributed by atoms with E-state index in [0.717, 1.165) is 35.5 Å². The summed E-state index contributed by atoms with van der Waals surface area (Å²) >= 11 is 8.31. The molecule has 0 bridgehead atoms. The third-order valence-corrected chi connectivity index (χ3v) is 9.56. The third-order valence-electron chi connectivity index (χ3n) is 7.30. The first-order valence-corrected chi connectivity index (χ1v) is 17.2. The molecule has 1 saturated heterocycles. The SMILES string of the molecule is CC(C)N(Cc1ccc(F)c(Br)c1)C(=O)c1cn(C)cn1.Cn1cnc(C(=O)N(Cc2ccc(F)c(Br)c2)C2CCSCC2)c1. The molecule has 2 amide bonds. The molecule has 0 spiro atoms. The maximum Gasteiger partial charge on any atom is 0.274 e. The number of hydrogen-bond donors (Lipinski definition) is 0. The summed E-state index contributed by atoms with van der Waals surface area (Å²) < 4.78 is 31.1. The first-order valence-electron chi connectivity index (χ1n) is 14.5. The van der Waals surface area contributed by atoms with Gasteiger partial charge in [-0.15, -0.1) is 0 Å². The van der Waals surface area contributed by atoms with Crippen molar-refractivity contribution in [2.75, 3.05) is 11.5 Å².